The molecule has 0 aromatic heterocycles. The third kappa shape index (κ3) is 5.34. The van der Waals surface area contributed by atoms with E-state index < -0.39 is 9.84 Å². The number of guanidine groups is 1. The van der Waals surface area contributed by atoms with Crippen molar-refractivity contribution in [2.45, 2.75) is 70.1 Å². The van der Waals surface area contributed by atoms with Crippen molar-refractivity contribution in [1.29, 1.82) is 0 Å². The SMILES string of the molecule is CC1CC(NC(=NCC2CCS(=O)(=O)C2)NC2CCCC2)CCO1. The summed E-state index contributed by atoms with van der Waals surface area (Å²) in [5.74, 6) is 1.65. The highest BCUT2D eigenvalue weighted by atomic mass is 32.2. The minimum atomic E-state index is -2.83. The van der Waals surface area contributed by atoms with Gasteiger partial charge in [0.25, 0.3) is 0 Å². The minimum absolute atomic E-state index is 0.172. The van der Waals surface area contributed by atoms with Crippen LogP contribution in [0.3, 0.4) is 0 Å². The first-order valence-corrected chi connectivity index (χ1v) is 11.2. The van der Waals surface area contributed by atoms with Crippen LogP contribution in [0.25, 0.3) is 0 Å². The van der Waals surface area contributed by atoms with Crippen LogP contribution < -0.4 is 10.6 Å². The van der Waals surface area contributed by atoms with E-state index >= 15 is 0 Å². The Hall–Kier alpha value is -0.820. The molecule has 24 heavy (non-hydrogen) atoms. The Morgan fingerprint density at radius 3 is 2.54 bits per heavy atom. The zero-order valence-corrected chi connectivity index (χ0v) is 15.5. The molecular formula is C17H31N3O3S. The van der Waals surface area contributed by atoms with Gasteiger partial charge in [-0.1, -0.05) is 12.8 Å². The molecule has 2 N–H and O–H groups in total. The van der Waals surface area contributed by atoms with Gasteiger partial charge in [-0.25, -0.2) is 8.42 Å². The highest BCUT2D eigenvalue weighted by molar-refractivity contribution is 7.91. The molecule has 3 fully saturated rings. The van der Waals surface area contributed by atoms with E-state index in [2.05, 4.69) is 17.6 Å². The van der Waals surface area contributed by atoms with Crippen molar-refractivity contribution in [1.82, 2.24) is 10.6 Å². The Balaban J connectivity index is 1.58. The highest BCUT2D eigenvalue weighted by Gasteiger charge is 2.28. The summed E-state index contributed by atoms with van der Waals surface area (Å²) < 4.78 is 28.9. The largest absolute Gasteiger partial charge is 0.378 e. The first-order valence-electron chi connectivity index (χ1n) is 9.40. The van der Waals surface area contributed by atoms with Crippen LogP contribution in [-0.4, -0.2) is 57.2 Å². The van der Waals surface area contributed by atoms with Crippen LogP contribution in [0, 0.1) is 5.92 Å². The van der Waals surface area contributed by atoms with Gasteiger partial charge in [-0.3, -0.25) is 4.99 Å². The van der Waals surface area contributed by atoms with Crippen molar-refractivity contribution in [2.75, 3.05) is 24.7 Å². The summed E-state index contributed by atoms with van der Waals surface area (Å²) in [5, 5.41) is 7.14. The molecule has 0 radical (unpaired) electrons. The van der Waals surface area contributed by atoms with Crippen molar-refractivity contribution in [3.05, 3.63) is 0 Å². The van der Waals surface area contributed by atoms with Crippen molar-refractivity contribution in [2.24, 2.45) is 10.9 Å². The van der Waals surface area contributed by atoms with Gasteiger partial charge in [0.15, 0.2) is 15.8 Å². The first kappa shape index (κ1) is 18.0. The molecule has 2 heterocycles. The molecule has 3 aliphatic rings. The molecule has 3 atom stereocenters. The third-order valence-electron chi connectivity index (χ3n) is 5.36. The Morgan fingerprint density at radius 2 is 1.88 bits per heavy atom. The molecular weight excluding hydrogens is 326 g/mol. The summed E-state index contributed by atoms with van der Waals surface area (Å²) in [6.45, 7) is 3.49. The maximum atomic E-state index is 11.6. The summed E-state index contributed by atoms with van der Waals surface area (Å²) in [5.41, 5.74) is 0. The van der Waals surface area contributed by atoms with Crippen LogP contribution in [0.1, 0.15) is 51.9 Å². The van der Waals surface area contributed by atoms with Gasteiger partial charge in [0.2, 0.25) is 0 Å². The third-order valence-corrected chi connectivity index (χ3v) is 7.19. The molecule has 1 saturated carbocycles. The fourth-order valence-corrected chi connectivity index (χ4v) is 5.80. The van der Waals surface area contributed by atoms with Crippen molar-refractivity contribution < 1.29 is 13.2 Å². The maximum Gasteiger partial charge on any atom is 0.191 e. The standard InChI is InChI=1S/C17H31N3O3S/c1-13-10-16(6-8-23-13)20-17(19-15-4-2-3-5-15)18-11-14-7-9-24(21,22)12-14/h13-16H,2-12H2,1H3,(H2,18,19,20). The Kier molecular flexibility index (Phi) is 6.02. The number of hydrogen-bond acceptors (Lipinski definition) is 4. The van der Waals surface area contributed by atoms with Gasteiger partial charge in [-0.05, 0) is 44.9 Å². The van der Waals surface area contributed by atoms with Gasteiger partial charge >= 0.3 is 0 Å². The van der Waals surface area contributed by atoms with Gasteiger partial charge in [0.05, 0.1) is 17.6 Å². The van der Waals surface area contributed by atoms with E-state index in [4.69, 9.17) is 9.73 Å². The van der Waals surface area contributed by atoms with E-state index in [1.807, 2.05) is 0 Å². The molecule has 138 valence electrons. The maximum absolute atomic E-state index is 11.6. The Labute approximate surface area is 145 Å². The summed E-state index contributed by atoms with van der Waals surface area (Å²) in [4.78, 5) is 4.74. The van der Waals surface area contributed by atoms with Gasteiger partial charge < -0.3 is 15.4 Å². The average Bonchev–Trinajstić information content (AvgIpc) is 3.14. The summed E-state index contributed by atoms with van der Waals surface area (Å²) in [7, 11) is -2.83. The number of sulfone groups is 1. The average molecular weight is 358 g/mol. The monoisotopic (exact) mass is 357 g/mol. The number of nitrogens with one attached hydrogen (secondary N) is 2. The number of rotatable bonds is 4. The van der Waals surface area contributed by atoms with Gasteiger partial charge in [-0.2, -0.15) is 0 Å². The number of hydrogen-bond donors (Lipinski definition) is 2. The van der Waals surface area contributed by atoms with Crippen LogP contribution in [-0.2, 0) is 14.6 Å². The van der Waals surface area contributed by atoms with E-state index in [0.29, 0.717) is 30.1 Å². The lowest BCUT2D eigenvalue weighted by Crippen LogP contribution is -2.49. The molecule has 1 aliphatic carbocycles. The number of aliphatic imine (C=N–C) groups is 1. The van der Waals surface area contributed by atoms with Crippen LogP contribution in [0.5, 0.6) is 0 Å². The molecule has 0 aromatic carbocycles. The van der Waals surface area contributed by atoms with Gasteiger partial charge in [0.1, 0.15) is 0 Å². The van der Waals surface area contributed by atoms with E-state index in [-0.39, 0.29) is 12.0 Å². The van der Waals surface area contributed by atoms with E-state index in [0.717, 1.165) is 31.8 Å². The molecule has 0 aromatic rings. The summed E-state index contributed by atoms with van der Waals surface area (Å²) >= 11 is 0. The predicted molar refractivity (Wildman–Crippen MR) is 96.0 cm³/mol. The van der Waals surface area contributed by atoms with E-state index in [1.54, 1.807) is 0 Å². The van der Waals surface area contributed by atoms with E-state index in [9.17, 15) is 8.42 Å². The fourth-order valence-electron chi connectivity index (χ4n) is 3.96. The molecule has 7 heteroatoms. The quantitative estimate of drug-likeness (QED) is 0.588. The first-order chi connectivity index (χ1) is 11.5. The second-order valence-corrected chi connectivity index (χ2v) is 9.86. The molecule has 2 aliphatic heterocycles. The number of ether oxygens (including phenoxy) is 1. The molecule has 2 saturated heterocycles. The van der Waals surface area contributed by atoms with Crippen LogP contribution in [0.15, 0.2) is 4.99 Å². The zero-order valence-electron chi connectivity index (χ0n) is 14.7. The molecule has 3 unspecified atom stereocenters. The minimum Gasteiger partial charge on any atom is -0.378 e. The van der Waals surface area contributed by atoms with Gasteiger partial charge in [-0.15, -0.1) is 0 Å². The predicted octanol–water partition coefficient (Wildman–Crippen LogP) is 1.47. The molecule has 3 rings (SSSR count). The van der Waals surface area contributed by atoms with E-state index in [1.165, 1.54) is 25.7 Å². The molecule has 0 spiro atoms. The lowest BCUT2D eigenvalue weighted by Gasteiger charge is -2.30. The van der Waals surface area contributed by atoms with Crippen molar-refractivity contribution in [3.8, 4) is 0 Å². The van der Waals surface area contributed by atoms with Crippen molar-refractivity contribution in [3.63, 3.8) is 0 Å². The summed E-state index contributed by atoms with van der Waals surface area (Å²) in [6.07, 6.45) is 7.96. The summed E-state index contributed by atoms with van der Waals surface area (Å²) in [6, 6.07) is 0.884. The molecule has 6 nitrogen and oxygen atoms in total. The van der Waals surface area contributed by atoms with Crippen molar-refractivity contribution >= 4 is 15.8 Å². The smallest absolute Gasteiger partial charge is 0.191 e. The van der Waals surface area contributed by atoms with Crippen LogP contribution in [0.2, 0.25) is 0 Å². The molecule has 0 bridgehead atoms. The second kappa shape index (κ2) is 8.04. The van der Waals surface area contributed by atoms with Gasteiger partial charge in [0, 0.05) is 25.2 Å². The molecule has 0 amide bonds. The normalized spacial score (nSPS) is 34.4. The number of nitrogens with zero attached hydrogens (tertiary/aromatic N) is 1. The second-order valence-electron chi connectivity index (χ2n) is 7.63. The van der Waals surface area contributed by atoms with Crippen LogP contribution >= 0.6 is 0 Å². The lowest BCUT2D eigenvalue weighted by atomic mass is 10.0. The van der Waals surface area contributed by atoms with Crippen LogP contribution in [0.4, 0.5) is 0 Å². The highest BCUT2D eigenvalue weighted by Crippen LogP contribution is 2.20. The fraction of sp³-hybridized carbons (Fsp3) is 0.941. The zero-order chi connectivity index (χ0) is 17.0. The Bertz CT molecular complexity index is 543. The Morgan fingerprint density at radius 1 is 1.12 bits per heavy atom. The topological polar surface area (TPSA) is 79.8 Å². The lowest BCUT2D eigenvalue weighted by molar-refractivity contribution is 0.0165.